The molecule has 0 N–H and O–H groups in total. The molecule has 2 fully saturated rings. The predicted octanol–water partition coefficient (Wildman–Crippen LogP) is 7.77. The van der Waals surface area contributed by atoms with E-state index in [0.717, 1.165) is 26.1 Å². The van der Waals surface area contributed by atoms with E-state index in [1.807, 2.05) is 0 Å². The molecule has 31 heavy (non-hydrogen) atoms. The van der Waals surface area contributed by atoms with Crippen molar-refractivity contribution in [2.24, 2.45) is 0 Å². The van der Waals surface area contributed by atoms with Gasteiger partial charge >= 0.3 is 0 Å². The van der Waals surface area contributed by atoms with E-state index in [1.54, 1.807) is 0 Å². The number of carbonyl (C=O) groups excluding carboxylic acids is 1. The van der Waals surface area contributed by atoms with Crippen LogP contribution in [0.1, 0.15) is 122 Å². The van der Waals surface area contributed by atoms with Gasteiger partial charge < -0.3 is 0 Å². The van der Waals surface area contributed by atoms with Gasteiger partial charge in [0.05, 0.1) is 13.1 Å². The summed E-state index contributed by atoms with van der Waals surface area (Å²) < 4.78 is 1.18. The number of unbranched alkanes of at least 4 members (excludes halogenated alkanes) is 15. The Kier molecular flexibility index (Phi) is 17.4. The van der Waals surface area contributed by atoms with Crippen LogP contribution in [0.15, 0.2) is 0 Å². The first-order valence-corrected chi connectivity index (χ1v) is 14.6. The van der Waals surface area contributed by atoms with Crippen LogP contribution in [-0.4, -0.2) is 53.2 Å². The number of rotatable bonds is 19. The summed E-state index contributed by atoms with van der Waals surface area (Å²) in [6.07, 6.45) is 24.8. The monoisotopic (exact) mass is 475 g/mol. The van der Waals surface area contributed by atoms with E-state index in [2.05, 4.69) is 23.6 Å². The van der Waals surface area contributed by atoms with Gasteiger partial charge in [0.1, 0.15) is 5.88 Å². The number of quaternary nitrogens is 1. The standard InChI is InChI=1S/C26H51N2OS.ClH/c1-2-3-4-5-6-7-8-9-10-11-12-13-14-15-16-17-21-28(22-23-30-25-28)24-27-20-18-19-26(27)29;/h2-25H2,1H3;1H/q+1;. The summed E-state index contributed by atoms with van der Waals surface area (Å²) >= 11 is 2.09. The Hall–Kier alpha value is 0.0700. The van der Waals surface area contributed by atoms with Gasteiger partial charge in [0.15, 0.2) is 6.67 Å². The third kappa shape index (κ3) is 12.8. The van der Waals surface area contributed by atoms with Crippen molar-refractivity contribution in [2.45, 2.75) is 122 Å². The molecule has 2 aliphatic rings. The fourth-order valence-electron chi connectivity index (χ4n) is 5.15. The van der Waals surface area contributed by atoms with Gasteiger partial charge in [-0.1, -0.05) is 109 Å². The van der Waals surface area contributed by atoms with E-state index in [4.69, 9.17) is 0 Å². The molecule has 2 aliphatic heterocycles. The summed E-state index contributed by atoms with van der Waals surface area (Å²) in [5.41, 5.74) is 0. The number of nitrogens with zero attached hydrogens (tertiary/aromatic N) is 2. The minimum absolute atomic E-state index is 0. The molecule has 0 aromatic carbocycles. The highest BCUT2D eigenvalue weighted by atomic mass is 35.5. The van der Waals surface area contributed by atoms with Crippen molar-refractivity contribution in [1.82, 2.24) is 4.90 Å². The van der Waals surface area contributed by atoms with Crippen molar-refractivity contribution in [3.05, 3.63) is 0 Å². The molecule has 0 saturated carbocycles. The molecular formula is C26H52ClN2OS+. The third-order valence-corrected chi connectivity index (χ3v) is 8.40. The minimum atomic E-state index is 0. The van der Waals surface area contributed by atoms with E-state index in [-0.39, 0.29) is 12.4 Å². The number of amides is 1. The van der Waals surface area contributed by atoms with Crippen molar-refractivity contribution >= 4 is 30.1 Å². The van der Waals surface area contributed by atoms with Crippen molar-refractivity contribution in [1.29, 1.82) is 0 Å². The first-order valence-electron chi connectivity index (χ1n) is 13.5. The van der Waals surface area contributed by atoms with Gasteiger partial charge in [-0.3, -0.25) is 14.2 Å². The summed E-state index contributed by atoms with van der Waals surface area (Å²) in [7, 11) is 0. The molecule has 2 rings (SSSR count). The Labute approximate surface area is 204 Å². The van der Waals surface area contributed by atoms with E-state index in [0.29, 0.717) is 5.91 Å². The Balaban J connectivity index is 0.00000480. The van der Waals surface area contributed by atoms with Crippen molar-refractivity contribution in [2.75, 3.05) is 37.9 Å². The maximum Gasteiger partial charge on any atom is 0.226 e. The highest BCUT2D eigenvalue weighted by Gasteiger charge is 2.36. The molecule has 0 spiro atoms. The molecule has 0 aromatic heterocycles. The zero-order chi connectivity index (χ0) is 21.3. The van der Waals surface area contributed by atoms with Crippen LogP contribution >= 0.6 is 24.2 Å². The lowest BCUT2D eigenvalue weighted by atomic mass is 10.0. The second kappa shape index (κ2) is 18.5. The van der Waals surface area contributed by atoms with Gasteiger partial charge in [-0.2, -0.15) is 0 Å². The number of hydrogen-bond acceptors (Lipinski definition) is 2. The Morgan fingerprint density at radius 3 is 1.74 bits per heavy atom. The van der Waals surface area contributed by atoms with E-state index >= 15 is 0 Å². The average Bonchev–Trinajstić information content (AvgIpc) is 3.37. The van der Waals surface area contributed by atoms with Gasteiger partial charge in [0.2, 0.25) is 5.91 Å². The molecule has 1 atom stereocenters. The molecular weight excluding hydrogens is 424 g/mol. The highest BCUT2D eigenvalue weighted by Crippen LogP contribution is 2.27. The van der Waals surface area contributed by atoms with E-state index < -0.39 is 0 Å². The number of halogens is 1. The quantitative estimate of drug-likeness (QED) is 0.140. The maximum absolute atomic E-state index is 12.0. The van der Waals surface area contributed by atoms with Crippen LogP contribution in [-0.2, 0) is 4.79 Å². The number of hydrogen-bond donors (Lipinski definition) is 0. The first-order chi connectivity index (χ1) is 14.8. The van der Waals surface area contributed by atoms with Gasteiger partial charge in [-0.25, -0.2) is 0 Å². The summed E-state index contributed by atoms with van der Waals surface area (Å²) in [5.74, 6) is 2.90. The van der Waals surface area contributed by atoms with Crippen molar-refractivity contribution < 1.29 is 9.28 Å². The van der Waals surface area contributed by atoms with Crippen molar-refractivity contribution in [3.63, 3.8) is 0 Å². The van der Waals surface area contributed by atoms with Crippen LogP contribution in [0, 0.1) is 0 Å². The smallest absolute Gasteiger partial charge is 0.226 e. The second-order valence-electron chi connectivity index (χ2n) is 10.0. The third-order valence-electron chi connectivity index (χ3n) is 7.20. The van der Waals surface area contributed by atoms with Crippen LogP contribution in [0.4, 0.5) is 0 Å². The van der Waals surface area contributed by atoms with Crippen LogP contribution in [0.2, 0.25) is 0 Å². The maximum atomic E-state index is 12.0. The SMILES string of the molecule is CCCCCCCCCCCCCCCCCC[N+]1(CN2CCCC2=O)CCSC1.Cl. The lowest BCUT2D eigenvalue weighted by molar-refractivity contribution is -0.918. The summed E-state index contributed by atoms with van der Waals surface area (Å²) in [6.45, 7) is 6.85. The van der Waals surface area contributed by atoms with Gasteiger partial charge in [-0.15, -0.1) is 12.4 Å². The fourth-order valence-corrected chi connectivity index (χ4v) is 6.52. The summed E-state index contributed by atoms with van der Waals surface area (Å²) in [6, 6.07) is 0. The van der Waals surface area contributed by atoms with Gasteiger partial charge in [0, 0.05) is 18.7 Å². The predicted molar refractivity (Wildman–Crippen MR) is 140 cm³/mol. The molecule has 5 heteroatoms. The zero-order valence-electron chi connectivity index (χ0n) is 20.6. The average molecular weight is 476 g/mol. The van der Waals surface area contributed by atoms with E-state index in [9.17, 15) is 4.79 Å². The highest BCUT2D eigenvalue weighted by molar-refractivity contribution is 7.99. The van der Waals surface area contributed by atoms with Crippen LogP contribution < -0.4 is 0 Å². The van der Waals surface area contributed by atoms with Gasteiger partial charge in [-0.05, 0) is 19.3 Å². The number of carbonyl (C=O) groups is 1. The molecule has 184 valence electrons. The molecule has 0 radical (unpaired) electrons. The Morgan fingerprint density at radius 2 is 1.32 bits per heavy atom. The van der Waals surface area contributed by atoms with Crippen LogP contribution in [0.5, 0.6) is 0 Å². The Bertz CT molecular complexity index is 443. The largest absolute Gasteiger partial charge is 0.297 e. The van der Waals surface area contributed by atoms with Crippen LogP contribution in [0.3, 0.4) is 0 Å². The van der Waals surface area contributed by atoms with Crippen molar-refractivity contribution in [3.8, 4) is 0 Å². The number of thioether (sulfide) groups is 1. The summed E-state index contributed by atoms with van der Waals surface area (Å²) in [5, 5.41) is 0. The molecule has 2 saturated heterocycles. The van der Waals surface area contributed by atoms with E-state index in [1.165, 1.54) is 132 Å². The summed E-state index contributed by atoms with van der Waals surface area (Å²) in [4.78, 5) is 14.2. The van der Waals surface area contributed by atoms with Gasteiger partial charge in [0.25, 0.3) is 0 Å². The molecule has 0 aromatic rings. The lowest BCUT2D eigenvalue weighted by Gasteiger charge is -2.36. The minimum Gasteiger partial charge on any atom is -0.297 e. The first kappa shape index (κ1) is 29.1. The second-order valence-corrected chi connectivity index (χ2v) is 11.1. The lowest BCUT2D eigenvalue weighted by Crippen LogP contribution is -2.53. The Morgan fingerprint density at radius 1 is 0.806 bits per heavy atom. The molecule has 0 aliphatic carbocycles. The normalized spacial score (nSPS) is 21.1. The zero-order valence-corrected chi connectivity index (χ0v) is 22.2. The number of likely N-dealkylation sites (tertiary alicyclic amines) is 1. The molecule has 1 unspecified atom stereocenters. The topological polar surface area (TPSA) is 20.3 Å². The fraction of sp³-hybridized carbons (Fsp3) is 0.962. The van der Waals surface area contributed by atoms with Crippen LogP contribution in [0.25, 0.3) is 0 Å². The molecule has 3 nitrogen and oxygen atoms in total. The molecule has 1 amide bonds. The molecule has 0 bridgehead atoms. The molecule has 2 heterocycles.